The third-order valence-corrected chi connectivity index (χ3v) is 4.56. The van der Waals surface area contributed by atoms with Gasteiger partial charge in [0, 0.05) is 16.7 Å². The molecule has 0 aliphatic rings. The quantitative estimate of drug-likeness (QED) is 0.262. The lowest BCUT2D eigenvalue weighted by atomic mass is 10.2. The van der Waals surface area contributed by atoms with Crippen molar-refractivity contribution in [2.75, 3.05) is 17.2 Å². The van der Waals surface area contributed by atoms with Gasteiger partial charge in [0.25, 0.3) is 5.91 Å². The first-order valence-corrected chi connectivity index (χ1v) is 10.4. The molecule has 168 valence electrons. The van der Waals surface area contributed by atoms with Crippen molar-refractivity contribution < 1.29 is 23.9 Å². The molecule has 8 heteroatoms. The number of hydrogen-bond donors (Lipinski definition) is 2. The molecule has 3 aromatic rings. The van der Waals surface area contributed by atoms with Crippen molar-refractivity contribution in [2.45, 2.75) is 6.92 Å². The van der Waals surface area contributed by atoms with Gasteiger partial charge in [0.2, 0.25) is 5.91 Å². The van der Waals surface area contributed by atoms with Crippen molar-refractivity contribution in [2.24, 2.45) is 0 Å². The van der Waals surface area contributed by atoms with Crippen LogP contribution in [0.3, 0.4) is 0 Å². The zero-order valence-electron chi connectivity index (χ0n) is 17.7. The van der Waals surface area contributed by atoms with Gasteiger partial charge in [-0.1, -0.05) is 35.9 Å². The van der Waals surface area contributed by atoms with Gasteiger partial charge in [0.1, 0.15) is 5.75 Å². The van der Waals surface area contributed by atoms with Crippen LogP contribution in [0, 0.1) is 0 Å². The maximum Gasteiger partial charge on any atom is 0.513 e. The minimum atomic E-state index is -0.815. The van der Waals surface area contributed by atoms with E-state index in [1.807, 2.05) is 0 Å². The second-order valence-electron chi connectivity index (χ2n) is 6.68. The van der Waals surface area contributed by atoms with Crippen molar-refractivity contribution >= 4 is 47.0 Å². The first kappa shape index (κ1) is 23.6. The van der Waals surface area contributed by atoms with E-state index in [0.717, 1.165) is 5.56 Å². The van der Waals surface area contributed by atoms with E-state index in [4.69, 9.17) is 21.1 Å². The highest BCUT2D eigenvalue weighted by Gasteiger charge is 2.11. The Bertz CT molecular complexity index is 1160. The van der Waals surface area contributed by atoms with E-state index in [-0.39, 0.29) is 18.3 Å². The molecule has 0 aliphatic heterocycles. The van der Waals surface area contributed by atoms with Crippen molar-refractivity contribution in [3.05, 3.63) is 95.0 Å². The van der Waals surface area contributed by atoms with Gasteiger partial charge < -0.3 is 20.1 Å². The molecular formula is C25H21ClN2O5. The van der Waals surface area contributed by atoms with E-state index in [1.165, 1.54) is 30.3 Å². The van der Waals surface area contributed by atoms with Gasteiger partial charge in [-0.05, 0) is 67.1 Å². The third-order valence-electron chi connectivity index (χ3n) is 4.31. The molecule has 33 heavy (non-hydrogen) atoms. The van der Waals surface area contributed by atoms with Crippen LogP contribution in [0.25, 0.3) is 6.08 Å². The van der Waals surface area contributed by atoms with Gasteiger partial charge >= 0.3 is 6.16 Å². The number of amides is 2. The average Bonchev–Trinajstić information content (AvgIpc) is 2.80. The Morgan fingerprint density at radius 1 is 0.879 bits per heavy atom. The van der Waals surface area contributed by atoms with E-state index in [1.54, 1.807) is 61.5 Å². The molecule has 0 fully saturated rings. The fourth-order valence-corrected chi connectivity index (χ4v) is 2.86. The summed E-state index contributed by atoms with van der Waals surface area (Å²) in [7, 11) is 0. The maximum atomic E-state index is 12.6. The largest absolute Gasteiger partial charge is 0.513 e. The highest BCUT2D eigenvalue weighted by atomic mass is 35.5. The molecule has 0 spiro atoms. The Balaban J connectivity index is 1.63. The number of carbonyl (C=O) groups excluding carboxylic acids is 3. The minimum Gasteiger partial charge on any atom is -0.434 e. The molecule has 0 saturated carbocycles. The lowest BCUT2D eigenvalue weighted by Crippen LogP contribution is -2.15. The lowest BCUT2D eigenvalue weighted by molar-refractivity contribution is -0.111. The van der Waals surface area contributed by atoms with E-state index in [0.29, 0.717) is 22.0 Å². The van der Waals surface area contributed by atoms with Crippen LogP contribution in [0.4, 0.5) is 16.2 Å². The van der Waals surface area contributed by atoms with Crippen molar-refractivity contribution in [1.29, 1.82) is 0 Å². The fourth-order valence-electron chi connectivity index (χ4n) is 2.73. The molecule has 3 rings (SSSR count). The van der Waals surface area contributed by atoms with Gasteiger partial charge in [-0.25, -0.2) is 4.79 Å². The van der Waals surface area contributed by atoms with Crippen molar-refractivity contribution in [3.63, 3.8) is 0 Å². The Hall–Kier alpha value is -4.10. The van der Waals surface area contributed by atoms with Crippen LogP contribution >= 0.6 is 11.6 Å². The normalized spacial score (nSPS) is 10.5. The SMILES string of the molecule is CCOC(=O)Oc1ccc(C(=O)Nc2ccccc2NC(=O)/C=C/c2ccc(Cl)cc2)cc1. The zero-order valence-corrected chi connectivity index (χ0v) is 18.5. The van der Waals surface area contributed by atoms with E-state index in [9.17, 15) is 14.4 Å². The van der Waals surface area contributed by atoms with Gasteiger partial charge in [0.05, 0.1) is 18.0 Å². The number of benzene rings is 3. The number of anilines is 2. The summed E-state index contributed by atoms with van der Waals surface area (Å²) in [5, 5.41) is 6.13. The molecule has 2 N–H and O–H groups in total. The number of carbonyl (C=O) groups is 3. The number of ether oxygens (including phenoxy) is 2. The molecule has 0 aromatic heterocycles. The molecule has 0 unspecified atom stereocenters. The first-order valence-electron chi connectivity index (χ1n) is 10.0. The topological polar surface area (TPSA) is 93.7 Å². The Labute approximate surface area is 196 Å². The first-order chi connectivity index (χ1) is 15.9. The van der Waals surface area contributed by atoms with Crippen LogP contribution in [-0.4, -0.2) is 24.6 Å². The smallest absolute Gasteiger partial charge is 0.434 e. The molecule has 0 saturated heterocycles. The third kappa shape index (κ3) is 7.22. The average molecular weight is 465 g/mol. The standard InChI is InChI=1S/C25H21ClN2O5/c1-2-32-25(31)33-20-14-10-18(11-15-20)24(30)28-22-6-4-3-5-21(22)27-23(29)16-9-17-7-12-19(26)13-8-17/h3-16H,2H2,1H3,(H,27,29)(H,28,30)/b16-9+. The van der Waals surface area contributed by atoms with Crippen LogP contribution in [-0.2, 0) is 9.53 Å². The van der Waals surface area contributed by atoms with Gasteiger partial charge in [-0.3, -0.25) is 9.59 Å². The van der Waals surface area contributed by atoms with Crippen LogP contribution < -0.4 is 15.4 Å². The van der Waals surface area contributed by atoms with Gasteiger partial charge in [-0.2, -0.15) is 0 Å². The van der Waals surface area contributed by atoms with Crippen LogP contribution in [0.5, 0.6) is 5.75 Å². The van der Waals surface area contributed by atoms with Gasteiger partial charge in [-0.15, -0.1) is 0 Å². The Morgan fingerprint density at radius 3 is 2.15 bits per heavy atom. The number of halogens is 1. The highest BCUT2D eigenvalue weighted by Crippen LogP contribution is 2.22. The van der Waals surface area contributed by atoms with Gasteiger partial charge in [0.15, 0.2) is 0 Å². The molecule has 0 atom stereocenters. The summed E-state index contributed by atoms with van der Waals surface area (Å²) in [5.41, 5.74) is 2.04. The summed E-state index contributed by atoms with van der Waals surface area (Å²) in [6.45, 7) is 1.87. The summed E-state index contributed by atoms with van der Waals surface area (Å²) in [6, 6.07) is 19.9. The Morgan fingerprint density at radius 2 is 1.52 bits per heavy atom. The molecule has 3 aromatic carbocycles. The predicted molar refractivity (Wildman–Crippen MR) is 128 cm³/mol. The minimum absolute atomic E-state index is 0.201. The second kappa shape index (κ2) is 11.5. The number of rotatable bonds is 7. The molecule has 0 heterocycles. The van der Waals surface area contributed by atoms with Crippen LogP contribution in [0.1, 0.15) is 22.8 Å². The summed E-state index contributed by atoms with van der Waals surface area (Å²) >= 11 is 5.86. The fraction of sp³-hybridized carbons (Fsp3) is 0.0800. The number of hydrogen-bond acceptors (Lipinski definition) is 5. The van der Waals surface area contributed by atoms with E-state index >= 15 is 0 Å². The number of para-hydroxylation sites is 2. The molecule has 0 aliphatic carbocycles. The predicted octanol–water partition coefficient (Wildman–Crippen LogP) is 5.78. The lowest BCUT2D eigenvalue weighted by Gasteiger charge is -2.11. The molecule has 7 nitrogen and oxygen atoms in total. The summed E-state index contributed by atoms with van der Waals surface area (Å²) in [4.78, 5) is 36.4. The number of nitrogens with one attached hydrogen (secondary N) is 2. The van der Waals surface area contributed by atoms with Crippen molar-refractivity contribution in [1.82, 2.24) is 0 Å². The summed E-state index contributed by atoms with van der Waals surface area (Å²) < 4.78 is 9.69. The zero-order chi connectivity index (χ0) is 23.6. The molecule has 0 radical (unpaired) electrons. The molecule has 0 bridgehead atoms. The Kier molecular flexibility index (Phi) is 8.21. The highest BCUT2D eigenvalue weighted by molar-refractivity contribution is 6.30. The summed E-state index contributed by atoms with van der Waals surface area (Å²) in [5.74, 6) is -0.492. The van der Waals surface area contributed by atoms with E-state index in [2.05, 4.69) is 10.6 Å². The summed E-state index contributed by atoms with van der Waals surface area (Å²) in [6.07, 6.45) is 2.24. The second-order valence-corrected chi connectivity index (χ2v) is 7.12. The van der Waals surface area contributed by atoms with Crippen molar-refractivity contribution in [3.8, 4) is 5.75 Å². The van der Waals surface area contributed by atoms with E-state index < -0.39 is 12.1 Å². The monoisotopic (exact) mass is 464 g/mol. The maximum absolute atomic E-state index is 12.6. The van der Waals surface area contributed by atoms with Crippen LogP contribution in [0.2, 0.25) is 5.02 Å². The molecular weight excluding hydrogens is 444 g/mol. The van der Waals surface area contributed by atoms with Crippen LogP contribution in [0.15, 0.2) is 78.9 Å². The molecule has 2 amide bonds.